The van der Waals surface area contributed by atoms with Gasteiger partial charge in [0, 0.05) is 19.0 Å². The summed E-state index contributed by atoms with van der Waals surface area (Å²) in [7, 11) is 4.33. The summed E-state index contributed by atoms with van der Waals surface area (Å²) in [6.07, 6.45) is 32.5. The fraction of sp³-hybridized carbons (Fsp3) is 0.973. The van der Waals surface area contributed by atoms with Crippen LogP contribution < -0.4 is 0 Å². The van der Waals surface area contributed by atoms with Gasteiger partial charge in [-0.25, -0.2) is 0 Å². The second-order valence-corrected chi connectivity index (χ2v) is 13.3. The minimum Gasteiger partial charge on any atom is -0.342 e. The van der Waals surface area contributed by atoms with E-state index < -0.39 is 0 Å². The zero-order valence-electron chi connectivity index (χ0n) is 28.8. The highest BCUT2D eigenvalue weighted by molar-refractivity contribution is 5.78. The Hall–Kier alpha value is -0.570. The Kier molecular flexibility index (Phi) is 29.5. The number of hydrogen-bond donors (Lipinski definition) is 0. The molecule has 1 amide bonds. The van der Waals surface area contributed by atoms with Gasteiger partial charge in [-0.3, -0.25) is 4.79 Å². The van der Waals surface area contributed by atoms with E-state index in [9.17, 15) is 4.79 Å². The van der Waals surface area contributed by atoms with Crippen molar-refractivity contribution in [3.05, 3.63) is 0 Å². The van der Waals surface area contributed by atoms with Gasteiger partial charge in [0.15, 0.2) is 0 Å². The van der Waals surface area contributed by atoms with Crippen molar-refractivity contribution in [1.82, 2.24) is 9.80 Å². The van der Waals surface area contributed by atoms with Gasteiger partial charge in [0.2, 0.25) is 5.91 Å². The van der Waals surface area contributed by atoms with E-state index in [4.69, 9.17) is 0 Å². The molecular weight excluding hydrogens is 488 g/mol. The maximum atomic E-state index is 14.2. The van der Waals surface area contributed by atoms with Crippen LogP contribution in [0, 0.1) is 11.8 Å². The summed E-state index contributed by atoms with van der Waals surface area (Å²) in [6.45, 7) is 12.2. The monoisotopic (exact) mass is 565 g/mol. The number of carbonyl (C=O) groups excluding carboxylic acids is 1. The molecule has 0 aliphatic rings. The zero-order valence-corrected chi connectivity index (χ0v) is 28.8. The molecule has 40 heavy (non-hydrogen) atoms. The minimum absolute atomic E-state index is 0.247. The molecule has 0 aromatic rings. The fourth-order valence-electron chi connectivity index (χ4n) is 6.22. The first-order valence-corrected chi connectivity index (χ1v) is 18.4. The molecular formula is C37H76N2O. The second-order valence-electron chi connectivity index (χ2n) is 13.3. The first-order valence-electron chi connectivity index (χ1n) is 18.4. The molecule has 0 saturated carbocycles. The van der Waals surface area contributed by atoms with Gasteiger partial charge < -0.3 is 9.80 Å². The normalized spacial score (nSPS) is 13.2. The molecule has 0 rings (SSSR count). The van der Waals surface area contributed by atoms with E-state index in [1.54, 1.807) is 0 Å². The predicted molar refractivity (Wildman–Crippen MR) is 180 cm³/mol. The molecule has 0 heterocycles. The van der Waals surface area contributed by atoms with E-state index in [1.807, 2.05) is 0 Å². The van der Waals surface area contributed by atoms with Gasteiger partial charge >= 0.3 is 0 Å². The van der Waals surface area contributed by atoms with Crippen molar-refractivity contribution in [2.75, 3.05) is 33.7 Å². The number of hydrogen-bond acceptors (Lipinski definition) is 2. The summed E-state index contributed by atoms with van der Waals surface area (Å²) >= 11 is 0. The van der Waals surface area contributed by atoms with E-state index in [-0.39, 0.29) is 5.92 Å². The molecule has 0 aliphatic heterocycles. The Morgan fingerprint density at radius 1 is 0.475 bits per heavy atom. The van der Waals surface area contributed by atoms with Crippen LogP contribution in [0.1, 0.15) is 188 Å². The van der Waals surface area contributed by atoms with Crippen LogP contribution in [-0.4, -0.2) is 49.4 Å². The van der Waals surface area contributed by atoms with Crippen LogP contribution in [0.25, 0.3) is 0 Å². The van der Waals surface area contributed by atoms with Crippen LogP contribution >= 0.6 is 0 Å². The molecule has 0 N–H and O–H groups in total. The van der Waals surface area contributed by atoms with Gasteiger partial charge in [-0.05, 0) is 58.7 Å². The highest BCUT2D eigenvalue weighted by Crippen LogP contribution is 2.25. The number of unbranched alkanes of at least 4 members (excludes halogenated alkanes) is 16. The smallest absolute Gasteiger partial charge is 0.225 e. The number of rotatable bonds is 31. The van der Waals surface area contributed by atoms with Crippen molar-refractivity contribution >= 4 is 5.91 Å². The van der Waals surface area contributed by atoms with Crippen LogP contribution in [0.3, 0.4) is 0 Å². The molecule has 3 nitrogen and oxygen atoms in total. The topological polar surface area (TPSA) is 23.6 Å². The van der Waals surface area contributed by atoms with Gasteiger partial charge in [-0.1, -0.05) is 156 Å². The van der Waals surface area contributed by atoms with E-state index in [1.165, 1.54) is 141 Å². The first-order chi connectivity index (χ1) is 19.5. The SMILES string of the molecule is CCCCCCCCC(CCCCCC)CN(CCCN(C)C)C(=O)C(CCCCCC)CCCCCCCC. The average Bonchev–Trinajstić information content (AvgIpc) is 2.94. The summed E-state index contributed by atoms with van der Waals surface area (Å²) < 4.78 is 0. The lowest BCUT2D eigenvalue weighted by Gasteiger charge is -2.32. The summed E-state index contributed by atoms with van der Waals surface area (Å²) in [5.74, 6) is 1.43. The Labute approximate surface area is 254 Å². The molecule has 240 valence electrons. The van der Waals surface area contributed by atoms with Gasteiger partial charge in [-0.15, -0.1) is 0 Å². The zero-order chi connectivity index (χ0) is 29.7. The van der Waals surface area contributed by atoms with Gasteiger partial charge in [0.1, 0.15) is 0 Å². The van der Waals surface area contributed by atoms with Crippen LogP contribution in [0.2, 0.25) is 0 Å². The number of carbonyl (C=O) groups is 1. The van der Waals surface area contributed by atoms with Crippen molar-refractivity contribution in [2.45, 2.75) is 188 Å². The molecule has 0 aliphatic carbocycles. The summed E-state index contributed by atoms with van der Waals surface area (Å²) in [4.78, 5) is 18.9. The third-order valence-corrected chi connectivity index (χ3v) is 8.92. The highest BCUT2D eigenvalue weighted by atomic mass is 16.2. The molecule has 0 aromatic heterocycles. The highest BCUT2D eigenvalue weighted by Gasteiger charge is 2.26. The van der Waals surface area contributed by atoms with Crippen molar-refractivity contribution in [3.8, 4) is 0 Å². The van der Waals surface area contributed by atoms with Crippen LogP contribution in [0.5, 0.6) is 0 Å². The Morgan fingerprint density at radius 2 is 0.850 bits per heavy atom. The van der Waals surface area contributed by atoms with Crippen molar-refractivity contribution < 1.29 is 4.79 Å². The lowest BCUT2D eigenvalue weighted by molar-refractivity contribution is -0.137. The van der Waals surface area contributed by atoms with E-state index in [0.29, 0.717) is 11.8 Å². The largest absolute Gasteiger partial charge is 0.342 e. The maximum Gasteiger partial charge on any atom is 0.225 e. The van der Waals surface area contributed by atoms with Crippen molar-refractivity contribution in [1.29, 1.82) is 0 Å². The standard InChI is InChI=1S/C37H76N2O/c1-7-11-15-19-21-24-29-35(28-23-17-13-9-3)34-39(33-27-32-38(5)6)37(40)36(30-25-18-14-10-4)31-26-22-20-16-12-8-2/h35-36H,7-34H2,1-6H3. The Morgan fingerprint density at radius 3 is 1.27 bits per heavy atom. The molecule has 3 heteroatoms. The lowest BCUT2D eigenvalue weighted by Crippen LogP contribution is -2.41. The second kappa shape index (κ2) is 29.9. The molecule has 0 saturated heterocycles. The van der Waals surface area contributed by atoms with Crippen LogP contribution in [0.15, 0.2) is 0 Å². The summed E-state index contributed by atoms with van der Waals surface area (Å²) in [5.41, 5.74) is 0. The summed E-state index contributed by atoms with van der Waals surface area (Å²) in [5, 5.41) is 0. The Bertz CT molecular complexity index is 520. The van der Waals surface area contributed by atoms with Crippen LogP contribution in [-0.2, 0) is 4.79 Å². The van der Waals surface area contributed by atoms with Gasteiger partial charge in [-0.2, -0.15) is 0 Å². The molecule has 2 unspecified atom stereocenters. The predicted octanol–water partition coefficient (Wildman–Crippen LogP) is 11.4. The minimum atomic E-state index is 0.247. The number of nitrogens with zero attached hydrogens (tertiary/aromatic N) is 2. The van der Waals surface area contributed by atoms with Crippen LogP contribution in [0.4, 0.5) is 0 Å². The number of amides is 1. The summed E-state index contributed by atoms with van der Waals surface area (Å²) in [6, 6.07) is 0. The van der Waals surface area contributed by atoms with E-state index in [2.05, 4.69) is 51.6 Å². The first kappa shape index (κ1) is 39.4. The molecule has 0 fully saturated rings. The fourth-order valence-corrected chi connectivity index (χ4v) is 6.22. The molecule has 0 radical (unpaired) electrons. The lowest BCUT2D eigenvalue weighted by atomic mass is 9.90. The van der Waals surface area contributed by atoms with Gasteiger partial charge in [0.25, 0.3) is 0 Å². The molecule has 0 spiro atoms. The van der Waals surface area contributed by atoms with E-state index in [0.717, 1.165) is 38.9 Å². The molecule has 0 aromatic carbocycles. The van der Waals surface area contributed by atoms with Gasteiger partial charge in [0.05, 0.1) is 0 Å². The third kappa shape index (κ3) is 24.1. The molecule has 2 atom stereocenters. The van der Waals surface area contributed by atoms with Crippen molar-refractivity contribution in [3.63, 3.8) is 0 Å². The quantitative estimate of drug-likeness (QED) is 0.0782. The van der Waals surface area contributed by atoms with Crippen molar-refractivity contribution in [2.24, 2.45) is 11.8 Å². The Balaban J connectivity index is 5.37. The molecule has 0 bridgehead atoms. The maximum absolute atomic E-state index is 14.2. The van der Waals surface area contributed by atoms with E-state index >= 15 is 0 Å². The average molecular weight is 565 g/mol. The third-order valence-electron chi connectivity index (χ3n) is 8.92.